The second-order valence-electron chi connectivity index (χ2n) is 8.69. The lowest BCUT2D eigenvalue weighted by Gasteiger charge is -2.12. The number of aromatic nitrogens is 4. The van der Waals surface area contributed by atoms with E-state index in [0.29, 0.717) is 53.6 Å². The Morgan fingerprint density at radius 1 is 1.07 bits per heavy atom. The minimum absolute atomic E-state index is 0. The first-order valence-corrected chi connectivity index (χ1v) is 12.3. The highest BCUT2D eigenvalue weighted by Crippen LogP contribution is 2.28. The monoisotopic (exact) mass is 587 g/mol. The predicted molar refractivity (Wildman–Crippen MR) is 157 cm³/mol. The number of nitrogens with two attached hydrogens (primary N) is 2. The summed E-state index contributed by atoms with van der Waals surface area (Å²) in [5.74, 6) is 0.301. The third-order valence-electron chi connectivity index (χ3n) is 5.97. The SMILES string of the molecule is Cl.Cl.N#CCCNc1nonc1-c1nc2ccccc2n1CC(=O)c1ccc(NC(=O)[C@@H](N)CCCCN)cc1. The Labute approximate surface area is 243 Å². The number of nitrogens with zero attached hydrogens (tertiary/aromatic N) is 5. The summed E-state index contributed by atoms with van der Waals surface area (Å²) in [6.07, 6.45) is 2.43. The predicted octanol–water partition coefficient (Wildman–Crippen LogP) is 3.53. The molecule has 0 unspecified atom stereocenters. The molecule has 40 heavy (non-hydrogen) atoms. The number of carbonyl (C=O) groups is 2. The van der Waals surface area contributed by atoms with Crippen LogP contribution in [0.4, 0.5) is 11.5 Å². The van der Waals surface area contributed by atoms with Gasteiger partial charge in [-0.25, -0.2) is 9.61 Å². The molecular formula is C26H31Cl2N9O3. The normalized spacial score (nSPS) is 11.1. The molecule has 0 aliphatic heterocycles. The molecule has 0 aliphatic carbocycles. The van der Waals surface area contributed by atoms with Crippen molar-refractivity contribution < 1.29 is 14.2 Å². The minimum atomic E-state index is -0.624. The number of para-hydroxylation sites is 2. The number of nitrogens with one attached hydrogen (secondary N) is 2. The first-order chi connectivity index (χ1) is 18.5. The van der Waals surface area contributed by atoms with Gasteiger partial charge in [0, 0.05) is 17.8 Å². The minimum Gasteiger partial charge on any atom is -0.364 e. The molecule has 6 N–H and O–H groups in total. The average Bonchev–Trinajstić information content (AvgIpc) is 3.53. The van der Waals surface area contributed by atoms with Crippen molar-refractivity contribution in [2.75, 3.05) is 23.7 Å². The van der Waals surface area contributed by atoms with Gasteiger partial charge in [0.05, 0.1) is 36.1 Å². The Balaban J connectivity index is 0.00000280. The molecule has 12 nitrogen and oxygen atoms in total. The van der Waals surface area contributed by atoms with Crippen LogP contribution >= 0.6 is 24.8 Å². The van der Waals surface area contributed by atoms with Gasteiger partial charge in [0.1, 0.15) is 0 Å². The number of Topliss-reactive ketones (excluding diaryl/α,β-unsaturated/α-hetero) is 1. The molecular weight excluding hydrogens is 557 g/mol. The largest absolute Gasteiger partial charge is 0.364 e. The zero-order valence-corrected chi connectivity index (χ0v) is 23.2. The van der Waals surface area contributed by atoms with E-state index in [4.69, 9.17) is 21.4 Å². The first kappa shape index (κ1) is 32.2. The summed E-state index contributed by atoms with van der Waals surface area (Å²) in [5.41, 5.74) is 14.2. The molecule has 0 bridgehead atoms. The summed E-state index contributed by atoms with van der Waals surface area (Å²) in [7, 11) is 0. The quantitative estimate of drug-likeness (QED) is 0.133. The van der Waals surface area contributed by atoms with Crippen LogP contribution in [-0.2, 0) is 11.3 Å². The lowest BCUT2D eigenvalue weighted by atomic mass is 10.1. The van der Waals surface area contributed by atoms with E-state index in [-0.39, 0.29) is 49.5 Å². The fourth-order valence-electron chi connectivity index (χ4n) is 3.95. The standard InChI is InChI=1S/C26H29N9O3.2ClH/c27-13-4-3-6-19(29)26(37)31-18-11-9-17(10-12-18)22(36)16-35-21-8-2-1-7-20(21)32-25(35)23-24(34-38-33-23)30-15-5-14-28;;/h1-2,7-12,19H,3-6,13,15-16,27,29H2,(H,30,34)(H,31,37);2*1H/t19-;;/m0../s1. The van der Waals surface area contributed by atoms with Crippen LogP contribution in [0, 0.1) is 11.3 Å². The van der Waals surface area contributed by atoms with Gasteiger partial charge in [-0.2, -0.15) is 5.26 Å². The smallest absolute Gasteiger partial charge is 0.241 e. The van der Waals surface area contributed by atoms with Crippen LogP contribution in [0.1, 0.15) is 36.0 Å². The van der Waals surface area contributed by atoms with Crippen LogP contribution in [0.15, 0.2) is 53.2 Å². The summed E-state index contributed by atoms with van der Waals surface area (Å²) in [4.78, 5) is 30.3. The molecule has 2 heterocycles. The summed E-state index contributed by atoms with van der Waals surface area (Å²) in [6, 6.07) is 15.5. The maximum Gasteiger partial charge on any atom is 0.241 e. The van der Waals surface area contributed by atoms with Crippen molar-refractivity contribution in [1.29, 1.82) is 5.26 Å². The Morgan fingerprint density at radius 3 is 2.55 bits per heavy atom. The number of hydrogen-bond donors (Lipinski definition) is 4. The topological polar surface area (TPSA) is 191 Å². The second kappa shape index (κ2) is 15.5. The molecule has 2 aromatic carbocycles. The van der Waals surface area contributed by atoms with E-state index in [2.05, 4.69) is 32.0 Å². The van der Waals surface area contributed by atoms with Crippen molar-refractivity contribution >= 4 is 59.0 Å². The van der Waals surface area contributed by atoms with Crippen LogP contribution in [0.2, 0.25) is 0 Å². The van der Waals surface area contributed by atoms with Gasteiger partial charge in [0.2, 0.25) is 11.7 Å². The summed E-state index contributed by atoms with van der Waals surface area (Å²) in [5, 5.41) is 22.5. The molecule has 0 saturated carbocycles. The van der Waals surface area contributed by atoms with E-state index in [1.54, 1.807) is 28.8 Å². The van der Waals surface area contributed by atoms with E-state index in [1.165, 1.54) is 0 Å². The Kier molecular flexibility index (Phi) is 12.5. The van der Waals surface area contributed by atoms with Crippen LogP contribution < -0.4 is 22.1 Å². The van der Waals surface area contributed by atoms with Gasteiger partial charge in [-0.05, 0) is 66.1 Å². The maximum atomic E-state index is 13.3. The number of halogens is 2. The second-order valence-corrected chi connectivity index (χ2v) is 8.69. The third kappa shape index (κ3) is 7.77. The molecule has 0 saturated heterocycles. The van der Waals surface area contributed by atoms with E-state index in [0.717, 1.165) is 18.4 Å². The van der Waals surface area contributed by atoms with Gasteiger partial charge < -0.3 is 26.7 Å². The highest BCUT2D eigenvalue weighted by Gasteiger charge is 2.22. The van der Waals surface area contributed by atoms with E-state index in [1.807, 2.05) is 24.3 Å². The summed E-state index contributed by atoms with van der Waals surface area (Å²) in [6.45, 7) is 0.909. The van der Waals surface area contributed by atoms with Gasteiger partial charge in [-0.3, -0.25) is 9.59 Å². The fourth-order valence-corrected chi connectivity index (χ4v) is 3.95. The van der Waals surface area contributed by atoms with Gasteiger partial charge >= 0.3 is 0 Å². The van der Waals surface area contributed by atoms with Crippen molar-refractivity contribution in [3.05, 3.63) is 54.1 Å². The van der Waals surface area contributed by atoms with Crippen LogP contribution in [0.3, 0.4) is 0 Å². The molecule has 14 heteroatoms. The number of anilines is 2. The van der Waals surface area contributed by atoms with Crippen molar-refractivity contribution in [2.45, 2.75) is 38.3 Å². The summed E-state index contributed by atoms with van der Waals surface area (Å²) < 4.78 is 6.68. The van der Waals surface area contributed by atoms with Crippen LogP contribution in [0.5, 0.6) is 0 Å². The number of nitriles is 1. The number of carbonyl (C=O) groups excluding carboxylic acids is 2. The molecule has 0 aliphatic rings. The maximum absolute atomic E-state index is 13.3. The van der Waals surface area contributed by atoms with Crippen molar-refractivity contribution in [3.63, 3.8) is 0 Å². The Hall–Kier alpha value is -4.02. The average molecular weight is 588 g/mol. The number of hydrogen-bond acceptors (Lipinski definition) is 10. The van der Waals surface area contributed by atoms with Crippen molar-refractivity contribution in [2.24, 2.45) is 11.5 Å². The fraction of sp³-hybridized carbons (Fsp3) is 0.308. The molecule has 0 spiro atoms. The zero-order chi connectivity index (χ0) is 26.9. The van der Waals surface area contributed by atoms with Gasteiger partial charge in [-0.15, -0.1) is 24.8 Å². The number of amides is 1. The molecule has 212 valence electrons. The number of ketones is 1. The summed E-state index contributed by atoms with van der Waals surface area (Å²) >= 11 is 0. The lowest BCUT2D eigenvalue weighted by Crippen LogP contribution is -2.35. The van der Waals surface area contributed by atoms with Crippen LogP contribution in [-0.4, -0.2) is 50.7 Å². The Morgan fingerprint density at radius 2 is 1.82 bits per heavy atom. The molecule has 4 rings (SSSR count). The van der Waals surface area contributed by atoms with Gasteiger partial charge in [0.15, 0.2) is 17.3 Å². The molecule has 1 atom stereocenters. The van der Waals surface area contributed by atoms with Crippen molar-refractivity contribution in [1.82, 2.24) is 19.9 Å². The Bertz CT molecular complexity index is 1450. The number of imidazole rings is 1. The highest BCUT2D eigenvalue weighted by atomic mass is 35.5. The molecule has 2 aromatic heterocycles. The highest BCUT2D eigenvalue weighted by molar-refractivity contribution is 5.99. The van der Waals surface area contributed by atoms with Crippen molar-refractivity contribution in [3.8, 4) is 17.6 Å². The number of unbranched alkanes of at least 4 members (excludes halogenated alkanes) is 1. The zero-order valence-electron chi connectivity index (χ0n) is 21.6. The number of rotatable bonds is 13. The molecule has 0 fully saturated rings. The number of benzene rings is 2. The van der Waals surface area contributed by atoms with Crippen LogP contribution in [0.25, 0.3) is 22.6 Å². The van der Waals surface area contributed by atoms with Gasteiger partial charge in [0.25, 0.3) is 0 Å². The molecule has 4 aromatic rings. The van der Waals surface area contributed by atoms with Gasteiger partial charge in [-0.1, -0.05) is 18.6 Å². The number of fused-ring (bicyclic) bond motifs is 1. The van der Waals surface area contributed by atoms with E-state index in [9.17, 15) is 9.59 Å². The first-order valence-electron chi connectivity index (χ1n) is 12.3. The van der Waals surface area contributed by atoms with E-state index < -0.39 is 6.04 Å². The molecule has 1 amide bonds. The molecule has 0 radical (unpaired) electrons. The lowest BCUT2D eigenvalue weighted by molar-refractivity contribution is -0.117. The third-order valence-corrected chi connectivity index (χ3v) is 5.97. The van der Waals surface area contributed by atoms with E-state index >= 15 is 0 Å².